The second-order valence-corrected chi connectivity index (χ2v) is 8.46. The summed E-state index contributed by atoms with van der Waals surface area (Å²) in [6.07, 6.45) is 3.23. The third kappa shape index (κ3) is 5.48. The van der Waals surface area contributed by atoms with Crippen molar-refractivity contribution in [3.63, 3.8) is 0 Å². The van der Waals surface area contributed by atoms with Crippen LogP contribution in [0.3, 0.4) is 0 Å². The first-order valence-corrected chi connectivity index (χ1v) is 10.8. The highest BCUT2D eigenvalue weighted by Crippen LogP contribution is 2.21. The van der Waals surface area contributed by atoms with Gasteiger partial charge in [0.25, 0.3) is 0 Å². The van der Waals surface area contributed by atoms with Crippen LogP contribution in [0.15, 0.2) is 53.0 Å². The molecule has 3 aromatic rings. The Balaban J connectivity index is 0.00000160. The van der Waals surface area contributed by atoms with E-state index >= 15 is 0 Å². The molecular formula is C22H29BrCl2N4O. The monoisotopic (exact) mass is 514 g/mol. The third-order valence-electron chi connectivity index (χ3n) is 5.65. The Labute approximate surface area is 198 Å². The smallest absolute Gasteiger partial charge is 0.203 e. The first kappa shape index (κ1) is 25.0. The molecule has 1 unspecified atom stereocenters. The summed E-state index contributed by atoms with van der Waals surface area (Å²) in [6.45, 7) is 4.47. The van der Waals surface area contributed by atoms with Crippen molar-refractivity contribution in [3.05, 3.63) is 64.2 Å². The van der Waals surface area contributed by atoms with E-state index in [0.717, 1.165) is 47.2 Å². The molecule has 2 aromatic carbocycles. The normalized spacial score (nSPS) is 15.4. The maximum atomic E-state index is 10.8. The van der Waals surface area contributed by atoms with Crippen LogP contribution in [0.4, 0.5) is 0 Å². The zero-order valence-corrected chi connectivity index (χ0v) is 20.1. The zero-order chi connectivity index (χ0) is 19.5. The van der Waals surface area contributed by atoms with Crippen LogP contribution in [0.25, 0.3) is 11.0 Å². The van der Waals surface area contributed by atoms with E-state index in [-0.39, 0.29) is 24.8 Å². The van der Waals surface area contributed by atoms with Crippen LogP contribution in [0.2, 0.25) is 0 Å². The predicted octanol–water partition coefficient (Wildman–Crippen LogP) is 4.75. The lowest BCUT2D eigenvalue weighted by Gasteiger charge is -2.26. The molecule has 0 bridgehead atoms. The summed E-state index contributed by atoms with van der Waals surface area (Å²) in [5, 5.41) is 19.6. The van der Waals surface area contributed by atoms with E-state index in [1.165, 1.54) is 19.3 Å². The molecule has 8 heteroatoms. The van der Waals surface area contributed by atoms with Gasteiger partial charge < -0.3 is 19.1 Å². The Morgan fingerprint density at radius 2 is 1.57 bits per heavy atom. The van der Waals surface area contributed by atoms with E-state index in [1.807, 2.05) is 47.0 Å². The summed E-state index contributed by atoms with van der Waals surface area (Å²) >= 11 is 3.47. The molecule has 30 heavy (non-hydrogen) atoms. The molecule has 2 N–H and O–H groups in total. The van der Waals surface area contributed by atoms with E-state index in [9.17, 15) is 5.11 Å². The van der Waals surface area contributed by atoms with E-state index < -0.39 is 6.10 Å². The molecule has 2 heterocycles. The number of imidazole rings is 1. The highest BCUT2D eigenvalue weighted by Gasteiger charge is 2.16. The minimum absolute atomic E-state index is 0. The fourth-order valence-corrected chi connectivity index (χ4v) is 4.54. The lowest BCUT2D eigenvalue weighted by atomic mass is 10.1. The molecule has 1 atom stereocenters. The molecular weight excluding hydrogens is 487 g/mol. The molecule has 1 fully saturated rings. The van der Waals surface area contributed by atoms with Crippen LogP contribution in [0, 0.1) is 5.41 Å². The van der Waals surface area contributed by atoms with Crippen molar-refractivity contribution < 1.29 is 5.11 Å². The molecule has 1 aromatic heterocycles. The summed E-state index contributed by atoms with van der Waals surface area (Å²) in [6, 6.07) is 15.9. The van der Waals surface area contributed by atoms with Crippen LogP contribution in [0.5, 0.6) is 0 Å². The molecule has 0 saturated carbocycles. The standard InChI is InChI=1S/C22H27BrN4O.2ClH/c23-18-8-6-7-17(15-18)21(28)16-27-20-10-3-2-9-19(20)26(22(27)24)14-13-25-11-4-1-5-12-25;;/h2-3,6-10,15,21,24,28H,1,4-5,11-14,16H2;2*1H. The molecule has 1 aliphatic heterocycles. The molecule has 0 radical (unpaired) electrons. The molecule has 5 nitrogen and oxygen atoms in total. The number of aliphatic hydroxyl groups excluding tert-OH is 1. The maximum absolute atomic E-state index is 10.8. The number of benzene rings is 2. The lowest BCUT2D eigenvalue weighted by Crippen LogP contribution is -2.35. The van der Waals surface area contributed by atoms with Gasteiger partial charge in [0, 0.05) is 17.6 Å². The largest absolute Gasteiger partial charge is 0.387 e. The van der Waals surface area contributed by atoms with Crippen molar-refractivity contribution in [3.8, 4) is 0 Å². The van der Waals surface area contributed by atoms with Gasteiger partial charge in [-0.15, -0.1) is 24.8 Å². The number of hydrogen-bond donors (Lipinski definition) is 2. The van der Waals surface area contributed by atoms with Crippen molar-refractivity contribution in [2.75, 3.05) is 19.6 Å². The quantitative estimate of drug-likeness (QED) is 0.497. The van der Waals surface area contributed by atoms with Gasteiger partial charge in [-0.3, -0.25) is 5.41 Å². The van der Waals surface area contributed by atoms with Crippen LogP contribution in [-0.2, 0) is 13.1 Å². The van der Waals surface area contributed by atoms with Crippen molar-refractivity contribution in [2.45, 2.75) is 38.5 Å². The summed E-state index contributed by atoms with van der Waals surface area (Å²) in [4.78, 5) is 2.50. The number of likely N-dealkylation sites (tertiary alicyclic amines) is 1. The van der Waals surface area contributed by atoms with Crippen LogP contribution >= 0.6 is 40.7 Å². The fourth-order valence-electron chi connectivity index (χ4n) is 4.12. The molecule has 0 spiro atoms. The number of nitrogens with zero attached hydrogens (tertiary/aromatic N) is 3. The minimum atomic E-state index is -0.659. The Hall–Kier alpha value is -1.31. The Bertz CT molecular complexity index is 1010. The van der Waals surface area contributed by atoms with Crippen LogP contribution < -0.4 is 5.62 Å². The number of nitrogens with one attached hydrogen (secondary N) is 1. The van der Waals surface area contributed by atoms with Gasteiger partial charge in [0.2, 0.25) is 5.62 Å². The summed E-state index contributed by atoms with van der Waals surface area (Å²) < 4.78 is 4.96. The molecule has 0 amide bonds. The van der Waals surface area contributed by atoms with Gasteiger partial charge in [0.05, 0.1) is 23.7 Å². The van der Waals surface area contributed by atoms with Crippen molar-refractivity contribution >= 4 is 51.8 Å². The van der Waals surface area contributed by atoms with Crippen molar-refractivity contribution in [2.24, 2.45) is 0 Å². The summed E-state index contributed by atoms with van der Waals surface area (Å²) in [5.41, 5.74) is 3.37. The zero-order valence-electron chi connectivity index (χ0n) is 16.8. The van der Waals surface area contributed by atoms with Crippen LogP contribution in [-0.4, -0.2) is 38.8 Å². The van der Waals surface area contributed by atoms with Crippen molar-refractivity contribution in [1.82, 2.24) is 14.0 Å². The average molecular weight is 516 g/mol. The van der Waals surface area contributed by atoms with Gasteiger partial charge in [-0.2, -0.15) is 0 Å². The minimum Gasteiger partial charge on any atom is -0.387 e. The fraction of sp³-hybridized carbons (Fsp3) is 0.409. The molecule has 0 aliphatic carbocycles. The van der Waals surface area contributed by atoms with Crippen LogP contribution in [0.1, 0.15) is 30.9 Å². The molecule has 4 rings (SSSR count). The first-order chi connectivity index (χ1) is 13.6. The second-order valence-electron chi connectivity index (χ2n) is 7.55. The van der Waals surface area contributed by atoms with Gasteiger partial charge in [0.15, 0.2) is 0 Å². The maximum Gasteiger partial charge on any atom is 0.203 e. The number of aromatic nitrogens is 2. The van der Waals surface area contributed by atoms with E-state index in [0.29, 0.717) is 12.2 Å². The predicted molar refractivity (Wildman–Crippen MR) is 130 cm³/mol. The number of para-hydroxylation sites is 2. The van der Waals surface area contributed by atoms with Gasteiger partial charge >= 0.3 is 0 Å². The Morgan fingerprint density at radius 1 is 0.900 bits per heavy atom. The lowest BCUT2D eigenvalue weighted by molar-refractivity contribution is 0.155. The van der Waals surface area contributed by atoms with E-state index in [2.05, 4.69) is 31.5 Å². The number of piperidine rings is 1. The van der Waals surface area contributed by atoms with Gasteiger partial charge in [0.1, 0.15) is 0 Å². The highest BCUT2D eigenvalue weighted by molar-refractivity contribution is 9.10. The molecule has 164 valence electrons. The Kier molecular flexibility index (Phi) is 9.44. The third-order valence-corrected chi connectivity index (χ3v) is 6.15. The first-order valence-electron chi connectivity index (χ1n) is 10.0. The van der Waals surface area contributed by atoms with Gasteiger partial charge in [-0.1, -0.05) is 46.6 Å². The topological polar surface area (TPSA) is 57.2 Å². The average Bonchev–Trinajstić information content (AvgIpc) is 2.98. The Morgan fingerprint density at radius 3 is 2.23 bits per heavy atom. The summed E-state index contributed by atoms with van der Waals surface area (Å²) in [5.74, 6) is 0. The SMILES string of the molecule is Cl.Cl.N=c1n(CCN2CCCCC2)c2ccccc2n1CC(O)c1cccc(Br)c1. The number of aliphatic hydroxyl groups is 1. The number of fused-ring (bicyclic) bond motifs is 1. The van der Waals surface area contributed by atoms with E-state index in [1.54, 1.807) is 0 Å². The number of rotatable bonds is 6. The van der Waals surface area contributed by atoms with Gasteiger partial charge in [-0.05, 0) is 55.8 Å². The molecule has 1 saturated heterocycles. The summed E-state index contributed by atoms with van der Waals surface area (Å²) in [7, 11) is 0. The second kappa shape index (κ2) is 11.3. The number of halogens is 3. The highest BCUT2D eigenvalue weighted by atomic mass is 79.9. The van der Waals surface area contributed by atoms with Crippen molar-refractivity contribution in [1.29, 1.82) is 5.41 Å². The molecule has 1 aliphatic rings. The number of hydrogen-bond acceptors (Lipinski definition) is 3. The van der Waals surface area contributed by atoms with E-state index in [4.69, 9.17) is 5.41 Å². The van der Waals surface area contributed by atoms with Gasteiger partial charge in [-0.25, -0.2) is 0 Å².